The lowest BCUT2D eigenvalue weighted by Gasteiger charge is -2.35. The third-order valence-corrected chi connectivity index (χ3v) is 4.57. The molecule has 128 valence electrons. The van der Waals surface area contributed by atoms with Crippen LogP contribution in [0, 0.1) is 6.92 Å². The Morgan fingerprint density at radius 2 is 2.04 bits per heavy atom. The van der Waals surface area contributed by atoms with E-state index >= 15 is 0 Å². The summed E-state index contributed by atoms with van der Waals surface area (Å²) in [6.45, 7) is 7.23. The minimum atomic E-state index is 0.0669. The van der Waals surface area contributed by atoms with Gasteiger partial charge >= 0.3 is 0 Å². The van der Waals surface area contributed by atoms with Gasteiger partial charge in [-0.1, -0.05) is 29.5 Å². The van der Waals surface area contributed by atoms with Gasteiger partial charge in [0.2, 0.25) is 11.8 Å². The van der Waals surface area contributed by atoms with Gasteiger partial charge in [-0.2, -0.15) is 0 Å². The predicted molar refractivity (Wildman–Crippen MR) is 91.8 cm³/mol. The van der Waals surface area contributed by atoms with Crippen LogP contribution in [0.3, 0.4) is 0 Å². The van der Waals surface area contributed by atoms with Crippen LogP contribution in [0.5, 0.6) is 0 Å². The molecular formula is C17H21N3O3S. The average Bonchev–Trinajstić information content (AvgIpc) is 3.00. The van der Waals surface area contributed by atoms with Crippen molar-refractivity contribution in [3.05, 3.63) is 29.8 Å². The molecule has 2 aromatic rings. The molecule has 3 rings (SSSR count). The second-order valence-corrected chi connectivity index (χ2v) is 7.01. The molecule has 7 heteroatoms. The summed E-state index contributed by atoms with van der Waals surface area (Å²) in [5.74, 6) is 0.828. The van der Waals surface area contributed by atoms with Crippen molar-refractivity contribution in [2.24, 2.45) is 0 Å². The number of morpholine rings is 1. The smallest absolute Gasteiger partial charge is 0.277 e. The maximum atomic E-state index is 12.3. The highest BCUT2D eigenvalue weighted by molar-refractivity contribution is 7.99. The van der Waals surface area contributed by atoms with Crippen LogP contribution in [0.1, 0.15) is 19.4 Å². The molecule has 1 aromatic heterocycles. The van der Waals surface area contributed by atoms with Crippen LogP contribution in [0.25, 0.3) is 11.5 Å². The fourth-order valence-corrected chi connectivity index (χ4v) is 3.43. The van der Waals surface area contributed by atoms with Crippen LogP contribution >= 0.6 is 11.8 Å². The summed E-state index contributed by atoms with van der Waals surface area (Å²) in [6.07, 6.45) is 0.137. The van der Waals surface area contributed by atoms with Crippen molar-refractivity contribution in [1.82, 2.24) is 15.1 Å². The van der Waals surface area contributed by atoms with Crippen molar-refractivity contribution < 1.29 is 13.9 Å². The van der Waals surface area contributed by atoms with Gasteiger partial charge in [0.1, 0.15) is 0 Å². The minimum Gasteiger partial charge on any atom is -0.411 e. The zero-order valence-electron chi connectivity index (χ0n) is 14.1. The molecule has 0 saturated carbocycles. The van der Waals surface area contributed by atoms with Crippen molar-refractivity contribution in [1.29, 1.82) is 0 Å². The van der Waals surface area contributed by atoms with Gasteiger partial charge < -0.3 is 14.1 Å². The van der Waals surface area contributed by atoms with Crippen LogP contribution in [0.15, 0.2) is 33.9 Å². The third-order valence-electron chi connectivity index (χ3n) is 3.76. The van der Waals surface area contributed by atoms with Crippen molar-refractivity contribution in [3.63, 3.8) is 0 Å². The molecule has 2 atom stereocenters. The van der Waals surface area contributed by atoms with E-state index in [2.05, 4.69) is 10.2 Å². The fourth-order valence-electron chi connectivity index (χ4n) is 2.76. The SMILES string of the molecule is Cc1cccc(-c2nnc(SCC(=O)N3C[C@@H](C)O[C@H](C)C3)o2)c1. The molecule has 1 aliphatic heterocycles. The first kappa shape index (κ1) is 17.0. The summed E-state index contributed by atoms with van der Waals surface area (Å²) < 4.78 is 11.3. The monoisotopic (exact) mass is 347 g/mol. The Morgan fingerprint density at radius 1 is 1.29 bits per heavy atom. The number of aryl methyl sites for hydroxylation is 1. The quantitative estimate of drug-likeness (QED) is 0.792. The van der Waals surface area contributed by atoms with Gasteiger partial charge in [-0.05, 0) is 32.9 Å². The van der Waals surface area contributed by atoms with Crippen LogP contribution < -0.4 is 0 Å². The average molecular weight is 347 g/mol. The number of aromatic nitrogens is 2. The zero-order chi connectivity index (χ0) is 17.1. The summed E-state index contributed by atoms with van der Waals surface area (Å²) in [4.78, 5) is 14.2. The molecule has 0 N–H and O–H groups in total. The van der Waals surface area contributed by atoms with Crippen molar-refractivity contribution in [2.75, 3.05) is 18.8 Å². The number of nitrogens with zero attached hydrogens (tertiary/aromatic N) is 3. The molecule has 0 unspecified atom stereocenters. The van der Waals surface area contributed by atoms with E-state index in [1.165, 1.54) is 11.8 Å². The molecule has 0 bridgehead atoms. The second kappa shape index (κ2) is 7.36. The first-order valence-electron chi connectivity index (χ1n) is 7.98. The van der Waals surface area contributed by atoms with Crippen LogP contribution in [-0.2, 0) is 9.53 Å². The summed E-state index contributed by atoms with van der Waals surface area (Å²) in [6, 6.07) is 7.88. The highest BCUT2D eigenvalue weighted by Crippen LogP contribution is 2.24. The van der Waals surface area contributed by atoms with E-state index in [1.807, 2.05) is 49.9 Å². The molecule has 2 heterocycles. The van der Waals surface area contributed by atoms with E-state index < -0.39 is 0 Å². The van der Waals surface area contributed by atoms with E-state index in [-0.39, 0.29) is 23.9 Å². The lowest BCUT2D eigenvalue weighted by Crippen LogP contribution is -2.48. The van der Waals surface area contributed by atoms with Gasteiger partial charge in [-0.15, -0.1) is 10.2 Å². The standard InChI is InChI=1S/C17H21N3O3S/c1-11-5-4-6-14(7-11)16-18-19-17(23-16)24-10-15(21)20-8-12(2)22-13(3)9-20/h4-7,12-13H,8-10H2,1-3H3/t12-,13-/m1/s1. The number of hydrogen-bond acceptors (Lipinski definition) is 6. The van der Waals surface area contributed by atoms with Gasteiger partial charge in [-0.25, -0.2) is 0 Å². The van der Waals surface area contributed by atoms with Gasteiger partial charge in [0.25, 0.3) is 5.22 Å². The van der Waals surface area contributed by atoms with Crippen molar-refractivity contribution in [3.8, 4) is 11.5 Å². The topological polar surface area (TPSA) is 68.5 Å². The summed E-state index contributed by atoms with van der Waals surface area (Å²) in [7, 11) is 0. The van der Waals surface area contributed by atoms with Crippen molar-refractivity contribution in [2.45, 2.75) is 38.2 Å². The molecule has 1 aliphatic rings. The lowest BCUT2D eigenvalue weighted by molar-refractivity contribution is -0.140. The number of carbonyl (C=O) groups is 1. The van der Waals surface area contributed by atoms with E-state index in [4.69, 9.17) is 9.15 Å². The molecule has 0 spiro atoms. The molecule has 1 amide bonds. The second-order valence-electron chi connectivity index (χ2n) is 6.09. The number of carbonyl (C=O) groups excluding carboxylic acids is 1. The zero-order valence-corrected chi connectivity index (χ0v) is 14.9. The van der Waals surface area contributed by atoms with E-state index in [0.717, 1.165) is 11.1 Å². The van der Waals surface area contributed by atoms with E-state index in [1.54, 1.807) is 0 Å². The third kappa shape index (κ3) is 4.15. The molecule has 1 fully saturated rings. The predicted octanol–water partition coefficient (Wildman–Crippen LogP) is 2.77. The number of rotatable bonds is 4. The minimum absolute atomic E-state index is 0.0669. The highest BCUT2D eigenvalue weighted by Gasteiger charge is 2.26. The van der Waals surface area contributed by atoms with Crippen LogP contribution in [0.4, 0.5) is 0 Å². The summed E-state index contributed by atoms with van der Waals surface area (Å²) in [5.41, 5.74) is 2.02. The van der Waals surface area contributed by atoms with Gasteiger partial charge in [0.05, 0.1) is 18.0 Å². The number of ether oxygens (including phenoxy) is 1. The lowest BCUT2D eigenvalue weighted by atomic mass is 10.1. The first-order valence-corrected chi connectivity index (χ1v) is 8.96. The van der Waals surface area contributed by atoms with E-state index in [9.17, 15) is 4.79 Å². The molecule has 0 aliphatic carbocycles. The largest absolute Gasteiger partial charge is 0.411 e. The number of amides is 1. The first-order chi connectivity index (χ1) is 11.5. The number of benzene rings is 1. The Bertz CT molecular complexity index is 709. The Labute approximate surface area is 145 Å². The molecular weight excluding hydrogens is 326 g/mol. The highest BCUT2D eigenvalue weighted by atomic mass is 32.2. The van der Waals surface area contributed by atoms with Gasteiger partial charge in [-0.3, -0.25) is 4.79 Å². The normalized spacial score (nSPS) is 21.0. The molecule has 1 aromatic carbocycles. The Morgan fingerprint density at radius 3 is 2.75 bits per heavy atom. The summed E-state index contributed by atoms with van der Waals surface area (Å²) in [5, 5.41) is 8.49. The Kier molecular flexibility index (Phi) is 5.20. The van der Waals surface area contributed by atoms with Crippen molar-refractivity contribution >= 4 is 17.7 Å². The molecule has 0 radical (unpaired) electrons. The molecule has 1 saturated heterocycles. The van der Waals surface area contributed by atoms with Crippen LogP contribution in [0.2, 0.25) is 0 Å². The molecule has 6 nitrogen and oxygen atoms in total. The maximum absolute atomic E-state index is 12.3. The Balaban J connectivity index is 1.58. The van der Waals surface area contributed by atoms with E-state index in [0.29, 0.717) is 24.2 Å². The fraction of sp³-hybridized carbons (Fsp3) is 0.471. The van der Waals surface area contributed by atoms with Gasteiger partial charge in [0, 0.05) is 18.7 Å². The molecule has 24 heavy (non-hydrogen) atoms. The number of thioether (sulfide) groups is 1. The summed E-state index contributed by atoms with van der Waals surface area (Å²) >= 11 is 1.27. The number of hydrogen-bond donors (Lipinski definition) is 0. The van der Waals surface area contributed by atoms with Gasteiger partial charge in [0.15, 0.2) is 0 Å². The Hall–Kier alpha value is -1.86. The van der Waals surface area contributed by atoms with Crippen LogP contribution in [-0.4, -0.2) is 52.1 Å². The maximum Gasteiger partial charge on any atom is 0.277 e.